The van der Waals surface area contributed by atoms with Gasteiger partial charge in [0.05, 0.1) is 17.2 Å². The third-order valence-corrected chi connectivity index (χ3v) is 7.76. The van der Waals surface area contributed by atoms with E-state index in [1.54, 1.807) is 18.2 Å². The minimum absolute atomic E-state index is 0.0360. The molecular formula is C25H30N2O5. The maximum Gasteiger partial charge on any atom is 0.266 e. The van der Waals surface area contributed by atoms with Crippen molar-refractivity contribution in [1.82, 2.24) is 10.2 Å². The number of ether oxygens (including phenoxy) is 1. The van der Waals surface area contributed by atoms with Crippen molar-refractivity contribution in [2.75, 3.05) is 0 Å². The van der Waals surface area contributed by atoms with Gasteiger partial charge < -0.3 is 4.74 Å². The first-order valence-electron chi connectivity index (χ1n) is 12.0. The Hall–Kier alpha value is -2.70. The van der Waals surface area contributed by atoms with Crippen LogP contribution < -0.4 is 10.1 Å². The third-order valence-electron chi connectivity index (χ3n) is 7.76. The van der Waals surface area contributed by atoms with Crippen molar-refractivity contribution in [2.24, 2.45) is 11.8 Å². The van der Waals surface area contributed by atoms with Crippen LogP contribution in [0.1, 0.15) is 91.3 Å². The van der Waals surface area contributed by atoms with E-state index in [-0.39, 0.29) is 36.0 Å². The molecule has 2 saturated carbocycles. The molecule has 0 bridgehead atoms. The average molecular weight is 439 g/mol. The van der Waals surface area contributed by atoms with E-state index in [9.17, 15) is 19.2 Å². The molecule has 0 spiro atoms. The summed E-state index contributed by atoms with van der Waals surface area (Å²) in [6.45, 7) is 0. The molecule has 1 aromatic carbocycles. The fourth-order valence-corrected chi connectivity index (χ4v) is 6.05. The lowest BCUT2D eigenvalue weighted by Gasteiger charge is -2.36. The molecule has 32 heavy (non-hydrogen) atoms. The van der Waals surface area contributed by atoms with Crippen molar-refractivity contribution in [2.45, 2.75) is 82.8 Å². The van der Waals surface area contributed by atoms with Gasteiger partial charge in [-0.25, -0.2) is 0 Å². The maximum atomic E-state index is 13.2. The second-order valence-corrected chi connectivity index (χ2v) is 9.68. The zero-order valence-corrected chi connectivity index (χ0v) is 18.3. The van der Waals surface area contributed by atoms with E-state index in [0.29, 0.717) is 5.75 Å². The number of nitrogens with zero attached hydrogens (tertiary/aromatic N) is 1. The summed E-state index contributed by atoms with van der Waals surface area (Å²) in [6, 6.07) is 4.11. The largest absolute Gasteiger partial charge is 0.490 e. The lowest BCUT2D eigenvalue weighted by molar-refractivity contribution is -0.136. The number of carbonyl (C=O) groups is 4. The fourth-order valence-electron chi connectivity index (χ4n) is 6.05. The molecular weight excluding hydrogens is 408 g/mol. The number of carbonyl (C=O) groups excluding carboxylic acids is 4. The summed E-state index contributed by atoms with van der Waals surface area (Å²) in [7, 11) is 0. The minimum Gasteiger partial charge on any atom is -0.490 e. The number of fused-ring (bicyclic) bond motifs is 1. The third kappa shape index (κ3) is 3.82. The van der Waals surface area contributed by atoms with Crippen LogP contribution >= 0.6 is 0 Å². The molecule has 4 aliphatic rings. The molecule has 0 radical (unpaired) electrons. The average Bonchev–Trinajstić information content (AvgIpc) is 3.06. The molecule has 2 heterocycles. The second kappa shape index (κ2) is 8.68. The van der Waals surface area contributed by atoms with E-state index < -0.39 is 23.8 Å². The van der Waals surface area contributed by atoms with Crippen LogP contribution in [-0.2, 0) is 9.59 Å². The predicted octanol–water partition coefficient (Wildman–Crippen LogP) is 3.61. The highest BCUT2D eigenvalue weighted by molar-refractivity contribution is 6.24. The molecule has 0 aromatic heterocycles. The summed E-state index contributed by atoms with van der Waals surface area (Å²) in [5.41, 5.74) is 0.518. The van der Waals surface area contributed by atoms with E-state index in [1.807, 2.05) is 0 Å². The summed E-state index contributed by atoms with van der Waals surface area (Å²) < 4.78 is 6.28. The minimum atomic E-state index is -0.959. The topological polar surface area (TPSA) is 92.8 Å². The smallest absolute Gasteiger partial charge is 0.266 e. The molecule has 1 aromatic rings. The van der Waals surface area contributed by atoms with E-state index >= 15 is 0 Å². The van der Waals surface area contributed by atoms with Crippen LogP contribution in [0.5, 0.6) is 5.75 Å². The van der Waals surface area contributed by atoms with E-state index in [0.717, 1.165) is 42.4 Å². The predicted molar refractivity (Wildman–Crippen MR) is 116 cm³/mol. The molecule has 7 nitrogen and oxygen atoms in total. The van der Waals surface area contributed by atoms with Crippen molar-refractivity contribution in [1.29, 1.82) is 0 Å². The number of hydrogen-bond donors (Lipinski definition) is 1. The highest BCUT2D eigenvalue weighted by Crippen LogP contribution is 2.40. The van der Waals surface area contributed by atoms with E-state index in [4.69, 9.17) is 4.74 Å². The number of benzene rings is 1. The van der Waals surface area contributed by atoms with Crippen LogP contribution in [0.2, 0.25) is 0 Å². The lowest BCUT2D eigenvalue weighted by atomic mass is 9.73. The van der Waals surface area contributed by atoms with Gasteiger partial charge in [0.1, 0.15) is 11.8 Å². The zero-order chi connectivity index (χ0) is 22.2. The molecule has 3 fully saturated rings. The van der Waals surface area contributed by atoms with Gasteiger partial charge in [-0.3, -0.25) is 29.4 Å². The van der Waals surface area contributed by atoms with Crippen LogP contribution in [0, 0.1) is 11.8 Å². The van der Waals surface area contributed by atoms with Gasteiger partial charge in [-0.2, -0.15) is 0 Å². The molecule has 2 aliphatic carbocycles. The number of imide groups is 2. The molecule has 2 aliphatic heterocycles. The monoisotopic (exact) mass is 438 g/mol. The van der Waals surface area contributed by atoms with Gasteiger partial charge in [0, 0.05) is 6.42 Å². The summed E-state index contributed by atoms with van der Waals surface area (Å²) >= 11 is 0. The maximum absolute atomic E-state index is 13.2. The first-order valence-corrected chi connectivity index (χ1v) is 12.0. The summed E-state index contributed by atoms with van der Waals surface area (Å²) in [5.74, 6) is 0.0819. The van der Waals surface area contributed by atoms with Gasteiger partial charge in [0.15, 0.2) is 0 Å². The first kappa shape index (κ1) is 21.2. The number of piperidine rings is 1. The molecule has 7 heteroatoms. The Morgan fingerprint density at radius 1 is 0.812 bits per heavy atom. The lowest BCUT2D eigenvalue weighted by Crippen LogP contribution is -2.54. The Morgan fingerprint density at radius 3 is 2.25 bits per heavy atom. The Balaban J connectivity index is 1.28. The van der Waals surface area contributed by atoms with Crippen LogP contribution in [-0.4, -0.2) is 40.7 Å². The molecule has 1 unspecified atom stereocenters. The Labute approximate surface area is 187 Å². The Bertz CT molecular complexity index is 944. The normalized spacial score (nSPS) is 29.1. The molecule has 1 atom stereocenters. The fraction of sp³-hybridized carbons (Fsp3) is 0.600. The van der Waals surface area contributed by atoms with Crippen LogP contribution in [0.3, 0.4) is 0 Å². The first-order chi connectivity index (χ1) is 15.5. The summed E-state index contributed by atoms with van der Waals surface area (Å²) in [4.78, 5) is 51.0. The number of nitrogens with one attached hydrogen (secondary N) is 1. The molecule has 5 rings (SSSR count). The van der Waals surface area contributed by atoms with Gasteiger partial charge >= 0.3 is 0 Å². The SMILES string of the molecule is O=C1CCC(N2C(=O)c3cccc(OC4CCC(C5CCCCC5)CC4)c3C2=O)C(=O)N1. The van der Waals surface area contributed by atoms with Crippen molar-refractivity contribution in [3.05, 3.63) is 29.3 Å². The van der Waals surface area contributed by atoms with Gasteiger partial charge in [-0.15, -0.1) is 0 Å². The van der Waals surface area contributed by atoms with Crippen molar-refractivity contribution in [3.63, 3.8) is 0 Å². The summed E-state index contributed by atoms with van der Waals surface area (Å²) in [6.07, 6.45) is 11.3. The van der Waals surface area contributed by atoms with Gasteiger partial charge in [0.25, 0.3) is 11.8 Å². The molecule has 4 amide bonds. The molecule has 170 valence electrons. The Kier molecular flexibility index (Phi) is 5.74. The van der Waals surface area contributed by atoms with Gasteiger partial charge in [0.2, 0.25) is 11.8 Å². The van der Waals surface area contributed by atoms with Crippen molar-refractivity contribution >= 4 is 23.6 Å². The number of rotatable bonds is 4. The van der Waals surface area contributed by atoms with E-state index in [2.05, 4.69) is 5.32 Å². The van der Waals surface area contributed by atoms with Crippen molar-refractivity contribution < 1.29 is 23.9 Å². The standard InChI is InChI=1S/C25H30N2O5/c28-21-14-13-19(23(29)26-21)27-24(30)18-7-4-8-20(22(18)25(27)31)32-17-11-9-16(10-12-17)15-5-2-1-3-6-15/h4,7-8,15-17,19H,1-3,5-6,9-14H2,(H,26,28,29). The zero-order valence-electron chi connectivity index (χ0n) is 18.3. The van der Waals surface area contributed by atoms with E-state index in [1.165, 1.54) is 32.1 Å². The molecule has 1 saturated heterocycles. The van der Waals surface area contributed by atoms with Crippen LogP contribution in [0.4, 0.5) is 0 Å². The highest BCUT2D eigenvalue weighted by Gasteiger charge is 2.46. The van der Waals surface area contributed by atoms with Gasteiger partial charge in [-0.1, -0.05) is 38.2 Å². The highest BCUT2D eigenvalue weighted by atomic mass is 16.5. The molecule has 1 N–H and O–H groups in total. The van der Waals surface area contributed by atoms with Crippen LogP contribution in [0.25, 0.3) is 0 Å². The Morgan fingerprint density at radius 2 is 1.53 bits per heavy atom. The number of amides is 4. The quantitative estimate of drug-likeness (QED) is 0.725. The second-order valence-electron chi connectivity index (χ2n) is 9.68. The van der Waals surface area contributed by atoms with Crippen LogP contribution in [0.15, 0.2) is 18.2 Å². The van der Waals surface area contributed by atoms with Gasteiger partial charge in [-0.05, 0) is 56.1 Å². The summed E-state index contributed by atoms with van der Waals surface area (Å²) in [5, 5.41) is 2.23. The number of hydrogen-bond acceptors (Lipinski definition) is 5. The van der Waals surface area contributed by atoms with Crippen molar-refractivity contribution in [3.8, 4) is 5.75 Å².